The van der Waals surface area contributed by atoms with Crippen molar-refractivity contribution in [3.8, 4) is 5.75 Å². The SMILES string of the molecule is CCOc1ccc(C(=O)Nc2ccc(CC)cc2)cc1CN(C)S(=O)(=O)c1ccc(C)cc1. The van der Waals surface area contributed by atoms with Crippen LogP contribution in [0.4, 0.5) is 5.69 Å². The molecule has 6 nitrogen and oxygen atoms in total. The van der Waals surface area contributed by atoms with E-state index in [0.717, 1.165) is 12.0 Å². The lowest BCUT2D eigenvalue weighted by Gasteiger charge is -2.20. The first-order valence-corrected chi connectivity index (χ1v) is 12.4. The van der Waals surface area contributed by atoms with Gasteiger partial charge < -0.3 is 10.1 Å². The second kappa shape index (κ2) is 10.6. The van der Waals surface area contributed by atoms with Gasteiger partial charge in [-0.15, -0.1) is 0 Å². The van der Waals surface area contributed by atoms with Crippen LogP contribution in [0.25, 0.3) is 0 Å². The number of rotatable bonds is 9. The van der Waals surface area contributed by atoms with Crippen molar-refractivity contribution >= 4 is 21.6 Å². The van der Waals surface area contributed by atoms with Crippen molar-refractivity contribution in [1.29, 1.82) is 0 Å². The molecule has 0 spiro atoms. The van der Waals surface area contributed by atoms with E-state index in [1.807, 2.05) is 38.1 Å². The number of nitrogens with one attached hydrogen (secondary N) is 1. The number of amides is 1. The molecule has 0 saturated heterocycles. The Labute approximate surface area is 196 Å². The molecule has 0 radical (unpaired) electrons. The Bertz CT molecular complexity index is 1200. The largest absolute Gasteiger partial charge is 0.494 e. The molecule has 0 atom stereocenters. The third-order valence-corrected chi connectivity index (χ3v) is 7.18. The summed E-state index contributed by atoms with van der Waals surface area (Å²) >= 11 is 0. The Morgan fingerprint density at radius 2 is 1.64 bits per heavy atom. The Morgan fingerprint density at radius 1 is 0.970 bits per heavy atom. The molecule has 3 aromatic rings. The molecule has 0 bridgehead atoms. The zero-order valence-electron chi connectivity index (χ0n) is 19.5. The van der Waals surface area contributed by atoms with Gasteiger partial charge in [-0.25, -0.2) is 8.42 Å². The average molecular weight is 467 g/mol. The van der Waals surface area contributed by atoms with Crippen LogP contribution in [0.5, 0.6) is 5.75 Å². The number of nitrogens with zero attached hydrogens (tertiary/aromatic N) is 1. The summed E-state index contributed by atoms with van der Waals surface area (Å²) in [4.78, 5) is 13.1. The number of sulfonamides is 1. The molecular formula is C26H30N2O4S. The number of carbonyl (C=O) groups excluding carboxylic acids is 1. The van der Waals surface area contributed by atoms with E-state index in [1.54, 1.807) is 42.5 Å². The molecule has 1 amide bonds. The second-order valence-corrected chi connectivity index (χ2v) is 9.88. The molecule has 0 unspecified atom stereocenters. The molecule has 0 aliphatic carbocycles. The molecule has 3 rings (SSSR count). The van der Waals surface area contributed by atoms with Crippen LogP contribution >= 0.6 is 0 Å². The fourth-order valence-corrected chi connectivity index (χ4v) is 4.53. The topological polar surface area (TPSA) is 75.7 Å². The zero-order valence-corrected chi connectivity index (χ0v) is 20.3. The molecule has 3 aromatic carbocycles. The maximum absolute atomic E-state index is 13.0. The normalized spacial score (nSPS) is 11.4. The highest BCUT2D eigenvalue weighted by Gasteiger charge is 2.22. The first-order valence-electron chi connectivity index (χ1n) is 10.9. The van der Waals surface area contributed by atoms with Crippen LogP contribution in [0.2, 0.25) is 0 Å². The number of benzene rings is 3. The predicted molar refractivity (Wildman–Crippen MR) is 131 cm³/mol. The van der Waals surface area contributed by atoms with Gasteiger partial charge in [0.2, 0.25) is 10.0 Å². The summed E-state index contributed by atoms with van der Waals surface area (Å²) in [6.45, 7) is 6.33. The molecule has 0 saturated carbocycles. The Morgan fingerprint density at radius 3 is 2.24 bits per heavy atom. The lowest BCUT2D eigenvalue weighted by molar-refractivity contribution is 0.102. The van der Waals surface area contributed by atoms with Gasteiger partial charge in [-0.1, -0.05) is 36.8 Å². The summed E-state index contributed by atoms with van der Waals surface area (Å²) in [5.41, 5.74) is 3.91. The fourth-order valence-electron chi connectivity index (χ4n) is 3.38. The first kappa shape index (κ1) is 24.5. The van der Waals surface area contributed by atoms with Crippen molar-refractivity contribution in [2.24, 2.45) is 0 Å². The number of aryl methyl sites for hydroxylation is 2. The maximum Gasteiger partial charge on any atom is 0.255 e. The molecule has 0 fully saturated rings. The summed E-state index contributed by atoms with van der Waals surface area (Å²) < 4.78 is 33.0. The van der Waals surface area contributed by atoms with Gasteiger partial charge in [0.05, 0.1) is 11.5 Å². The van der Waals surface area contributed by atoms with Gasteiger partial charge in [0.25, 0.3) is 5.91 Å². The van der Waals surface area contributed by atoms with Crippen LogP contribution in [0, 0.1) is 6.92 Å². The minimum Gasteiger partial charge on any atom is -0.494 e. The third-order valence-electron chi connectivity index (χ3n) is 5.36. The van der Waals surface area contributed by atoms with Gasteiger partial charge in [-0.2, -0.15) is 4.31 Å². The summed E-state index contributed by atoms with van der Waals surface area (Å²) in [7, 11) is -2.18. The first-order chi connectivity index (χ1) is 15.7. The summed E-state index contributed by atoms with van der Waals surface area (Å²) in [6, 6.07) is 19.5. The van der Waals surface area contributed by atoms with E-state index in [4.69, 9.17) is 4.74 Å². The van der Waals surface area contributed by atoms with Crippen LogP contribution in [-0.2, 0) is 23.0 Å². The molecule has 1 N–H and O–H groups in total. The van der Waals surface area contributed by atoms with Crippen LogP contribution in [0.15, 0.2) is 71.6 Å². The van der Waals surface area contributed by atoms with Gasteiger partial charge >= 0.3 is 0 Å². The van der Waals surface area contributed by atoms with Crippen LogP contribution in [-0.4, -0.2) is 32.3 Å². The number of ether oxygens (including phenoxy) is 1. The van der Waals surface area contributed by atoms with Crippen molar-refractivity contribution in [2.45, 2.75) is 38.6 Å². The molecule has 0 aromatic heterocycles. The molecule has 0 aliphatic rings. The highest BCUT2D eigenvalue weighted by molar-refractivity contribution is 7.89. The molecule has 33 heavy (non-hydrogen) atoms. The number of carbonyl (C=O) groups is 1. The smallest absolute Gasteiger partial charge is 0.255 e. The van der Waals surface area contributed by atoms with E-state index in [-0.39, 0.29) is 17.3 Å². The van der Waals surface area contributed by atoms with Gasteiger partial charge in [0.1, 0.15) is 5.75 Å². The number of hydrogen-bond donors (Lipinski definition) is 1. The third kappa shape index (κ3) is 6.00. The van der Waals surface area contributed by atoms with E-state index < -0.39 is 10.0 Å². The van der Waals surface area contributed by atoms with Gasteiger partial charge in [-0.05, 0) is 68.3 Å². The van der Waals surface area contributed by atoms with Crippen molar-refractivity contribution in [3.63, 3.8) is 0 Å². The molecule has 0 aliphatic heterocycles. The quantitative estimate of drug-likeness (QED) is 0.480. The number of hydrogen-bond acceptors (Lipinski definition) is 4. The Balaban J connectivity index is 1.84. The van der Waals surface area contributed by atoms with Crippen molar-refractivity contribution in [3.05, 3.63) is 89.0 Å². The summed E-state index contributed by atoms with van der Waals surface area (Å²) in [5.74, 6) is 0.278. The standard InChI is InChI=1S/C26H30N2O4S/c1-5-20-9-12-23(13-10-20)27-26(29)21-11-16-25(32-6-2)22(17-21)18-28(4)33(30,31)24-14-7-19(3)8-15-24/h7-17H,5-6,18H2,1-4H3,(H,27,29). The highest BCUT2D eigenvalue weighted by atomic mass is 32.2. The lowest BCUT2D eigenvalue weighted by atomic mass is 10.1. The fraction of sp³-hybridized carbons (Fsp3) is 0.269. The van der Waals surface area contributed by atoms with Crippen LogP contribution in [0.3, 0.4) is 0 Å². The molecule has 0 heterocycles. The summed E-state index contributed by atoms with van der Waals surface area (Å²) in [5, 5.41) is 2.89. The van der Waals surface area contributed by atoms with E-state index in [0.29, 0.717) is 29.2 Å². The minimum atomic E-state index is -3.70. The molecular weight excluding hydrogens is 436 g/mol. The van der Waals surface area contributed by atoms with Gasteiger partial charge in [-0.3, -0.25) is 4.79 Å². The maximum atomic E-state index is 13.0. The second-order valence-electron chi connectivity index (χ2n) is 7.83. The van der Waals surface area contributed by atoms with Gasteiger partial charge in [0.15, 0.2) is 0 Å². The Kier molecular flexibility index (Phi) is 7.89. The van der Waals surface area contributed by atoms with E-state index >= 15 is 0 Å². The van der Waals surface area contributed by atoms with Crippen LogP contribution < -0.4 is 10.1 Å². The minimum absolute atomic E-state index is 0.0673. The van der Waals surface area contributed by atoms with E-state index in [1.165, 1.54) is 16.9 Å². The monoisotopic (exact) mass is 466 g/mol. The van der Waals surface area contributed by atoms with E-state index in [9.17, 15) is 13.2 Å². The molecule has 7 heteroatoms. The predicted octanol–water partition coefficient (Wildman–Crippen LogP) is 5.03. The van der Waals surface area contributed by atoms with Gasteiger partial charge in [0, 0.05) is 30.4 Å². The lowest BCUT2D eigenvalue weighted by Crippen LogP contribution is -2.27. The van der Waals surface area contributed by atoms with Crippen molar-refractivity contribution in [2.75, 3.05) is 19.0 Å². The van der Waals surface area contributed by atoms with Crippen LogP contribution in [0.1, 0.15) is 40.9 Å². The van der Waals surface area contributed by atoms with Crippen molar-refractivity contribution < 1.29 is 17.9 Å². The van der Waals surface area contributed by atoms with Crippen molar-refractivity contribution in [1.82, 2.24) is 4.31 Å². The summed E-state index contributed by atoms with van der Waals surface area (Å²) in [6.07, 6.45) is 0.926. The number of anilines is 1. The van der Waals surface area contributed by atoms with E-state index in [2.05, 4.69) is 12.2 Å². The Hall–Kier alpha value is -3.16. The average Bonchev–Trinajstić information content (AvgIpc) is 2.81. The molecule has 174 valence electrons. The zero-order chi connectivity index (χ0) is 24.0. The highest BCUT2D eigenvalue weighted by Crippen LogP contribution is 2.25.